The number of aliphatic hydroxyl groups is 1. The molecule has 1 N–H and O–H groups in total. The van der Waals surface area contributed by atoms with E-state index in [0.29, 0.717) is 13.0 Å². The predicted octanol–water partition coefficient (Wildman–Crippen LogP) is 6.44. The van der Waals surface area contributed by atoms with E-state index in [0.717, 1.165) is 11.1 Å². The lowest BCUT2D eigenvalue weighted by Crippen LogP contribution is -2.76. The number of hydrogen-bond donors (Lipinski definition) is 1. The van der Waals surface area contributed by atoms with Crippen molar-refractivity contribution in [1.29, 1.82) is 0 Å². The van der Waals surface area contributed by atoms with Gasteiger partial charge in [0, 0.05) is 13.0 Å². The Morgan fingerprint density at radius 1 is 0.808 bits per heavy atom. The Kier molecular flexibility index (Phi) is 12.4. The summed E-state index contributed by atoms with van der Waals surface area (Å²) in [5, 5.41) is 12.5. The zero-order valence-corrected chi connectivity index (χ0v) is 33.6. The third-order valence-corrected chi connectivity index (χ3v) is 14.3. The summed E-state index contributed by atoms with van der Waals surface area (Å²) in [5.41, 5.74) is -6.24. The molecule has 2 aliphatic heterocycles. The van der Waals surface area contributed by atoms with Gasteiger partial charge in [-0.2, -0.15) is 0 Å². The minimum absolute atomic E-state index is 0.0205. The van der Waals surface area contributed by atoms with E-state index in [1.165, 1.54) is 0 Å². The van der Waals surface area contributed by atoms with E-state index in [4.69, 9.17) is 32.8 Å². The lowest BCUT2D eigenvalue weighted by molar-refractivity contribution is -0.375. The van der Waals surface area contributed by atoms with Crippen LogP contribution in [0.15, 0.2) is 60.7 Å². The predicted molar refractivity (Wildman–Crippen MR) is 197 cm³/mol. The van der Waals surface area contributed by atoms with Crippen LogP contribution < -0.4 is 0 Å². The van der Waals surface area contributed by atoms with Crippen LogP contribution >= 0.6 is 0 Å². The molecule has 2 aliphatic rings. The van der Waals surface area contributed by atoms with E-state index in [1.54, 1.807) is 41.5 Å². The van der Waals surface area contributed by atoms with Crippen LogP contribution in [0, 0.1) is 0 Å². The molecule has 11 nitrogen and oxygen atoms in total. The Labute approximate surface area is 309 Å². The van der Waals surface area contributed by atoms with E-state index >= 15 is 0 Å². The highest BCUT2D eigenvalue weighted by atomic mass is 28.4. The van der Waals surface area contributed by atoms with Crippen molar-refractivity contribution in [2.24, 2.45) is 0 Å². The van der Waals surface area contributed by atoms with Gasteiger partial charge in [0.15, 0.2) is 32.1 Å². The Hall–Kier alpha value is -2.97. The first-order valence-corrected chi connectivity index (χ1v) is 20.9. The molecule has 52 heavy (non-hydrogen) atoms. The maximum Gasteiger partial charge on any atom is 0.345 e. The van der Waals surface area contributed by atoms with Crippen molar-refractivity contribution in [3.8, 4) is 0 Å². The Balaban J connectivity index is 1.92. The van der Waals surface area contributed by atoms with E-state index < -0.39 is 66.8 Å². The zero-order valence-electron chi connectivity index (χ0n) is 32.6. The summed E-state index contributed by atoms with van der Waals surface area (Å²) in [6.07, 6.45) is -4.35. The molecule has 288 valence electrons. The summed E-state index contributed by atoms with van der Waals surface area (Å²) in [4.78, 5) is 42.2. The summed E-state index contributed by atoms with van der Waals surface area (Å²) in [6, 6.07) is 18.5. The van der Waals surface area contributed by atoms with Gasteiger partial charge in [-0.3, -0.25) is 4.79 Å². The fourth-order valence-corrected chi connectivity index (χ4v) is 7.27. The van der Waals surface area contributed by atoms with Gasteiger partial charge in [-0.25, -0.2) is 9.59 Å². The normalized spacial score (nSPS) is 28.0. The monoisotopic (exact) mass is 742 g/mol. The number of carbonyl (C=O) groups excluding carboxylic acids is 3. The number of carbonyl (C=O) groups is 3. The van der Waals surface area contributed by atoms with Crippen LogP contribution in [-0.4, -0.2) is 84.8 Å². The van der Waals surface area contributed by atoms with Crippen LogP contribution in [0.4, 0.5) is 0 Å². The SMILES string of the molecule is CC(C)(C)OC(=O)[C@H]1O[C@@]2(CCCO[Si](C)(C)C(C)(C)C)O[C@](C(=O)OC(C)(C)C)([C@H](OCc3ccccc3)[C@H]2OCc2ccccc2)[C@]1(O)C=O. The third kappa shape index (κ3) is 8.86. The molecular weight excluding hydrogens is 685 g/mol. The van der Waals surface area contributed by atoms with Gasteiger partial charge >= 0.3 is 11.9 Å². The van der Waals surface area contributed by atoms with Gasteiger partial charge in [0.05, 0.1) is 13.2 Å². The zero-order chi connectivity index (χ0) is 38.8. The maximum atomic E-state index is 14.7. The van der Waals surface area contributed by atoms with Crippen LogP contribution in [0.2, 0.25) is 18.1 Å². The second-order valence-corrected chi connectivity index (χ2v) is 22.1. The quantitative estimate of drug-likeness (QED) is 0.0992. The van der Waals surface area contributed by atoms with Crippen molar-refractivity contribution in [3.63, 3.8) is 0 Å². The van der Waals surface area contributed by atoms with Crippen molar-refractivity contribution in [2.75, 3.05) is 6.61 Å². The summed E-state index contributed by atoms with van der Waals surface area (Å²) >= 11 is 0. The molecule has 0 radical (unpaired) electrons. The largest absolute Gasteiger partial charge is 0.458 e. The average Bonchev–Trinajstić information content (AvgIpc) is 3.29. The molecular formula is C40H58O11Si. The highest BCUT2D eigenvalue weighted by Gasteiger charge is 2.83. The number of rotatable bonds is 14. The first-order valence-electron chi connectivity index (χ1n) is 18.0. The van der Waals surface area contributed by atoms with Gasteiger partial charge < -0.3 is 38.0 Å². The molecule has 6 atom stereocenters. The van der Waals surface area contributed by atoms with Gasteiger partial charge in [0.25, 0.3) is 0 Å². The van der Waals surface area contributed by atoms with Gasteiger partial charge in [-0.1, -0.05) is 81.4 Å². The first kappa shape index (κ1) is 41.8. The van der Waals surface area contributed by atoms with Crippen molar-refractivity contribution in [1.82, 2.24) is 0 Å². The smallest absolute Gasteiger partial charge is 0.345 e. The summed E-state index contributed by atoms with van der Waals surface area (Å²) in [5.74, 6) is -4.09. The van der Waals surface area contributed by atoms with Crippen LogP contribution in [0.3, 0.4) is 0 Å². The summed E-state index contributed by atoms with van der Waals surface area (Å²) < 4.78 is 44.6. The average molecular weight is 743 g/mol. The van der Waals surface area contributed by atoms with Crippen molar-refractivity contribution < 1.29 is 52.3 Å². The molecule has 0 spiro atoms. The molecule has 2 heterocycles. The van der Waals surface area contributed by atoms with Gasteiger partial charge in [-0.05, 0) is 77.2 Å². The molecule has 2 bridgehead atoms. The van der Waals surface area contributed by atoms with E-state index in [-0.39, 0.29) is 31.0 Å². The second-order valence-electron chi connectivity index (χ2n) is 17.3. The van der Waals surface area contributed by atoms with Crippen molar-refractivity contribution >= 4 is 26.5 Å². The minimum Gasteiger partial charge on any atom is -0.458 e. The number of aldehydes is 1. The lowest BCUT2D eigenvalue weighted by Gasteiger charge is -2.50. The van der Waals surface area contributed by atoms with E-state index in [9.17, 15) is 19.5 Å². The van der Waals surface area contributed by atoms with Crippen LogP contribution in [0.1, 0.15) is 86.3 Å². The Morgan fingerprint density at radius 2 is 1.31 bits per heavy atom. The minimum atomic E-state index is -2.98. The highest BCUT2D eigenvalue weighted by Crippen LogP contribution is 2.57. The van der Waals surface area contributed by atoms with E-state index in [2.05, 4.69) is 33.9 Å². The van der Waals surface area contributed by atoms with E-state index in [1.807, 2.05) is 60.7 Å². The van der Waals surface area contributed by atoms with Crippen LogP contribution in [-0.2, 0) is 60.4 Å². The molecule has 2 aromatic carbocycles. The molecule has 4 rings (SSSR count). The lowest BCUT2D eigenvalue weighted by atomic mass is 9.75. The summed E-state index contributed by atoms with van der Waals surface area (Å²) in [6.45, 7) is 20.9. The standard InChI is InChI=1S/C40H58O11Si/c1-35(2,3)49-33(42)32-38(44,27-41)40(34(43)50-36(4,5)6)31(46-26-29-21-16-13-17-22-29)30(45-25-28-19-14-12-15-20-28)39(48-32,51-40)23-18-24-47-52(10,11)37(7,8)9/h12-17,19-22,27,30-32,44H,18,23-26H2,1-11H3/t30-,31-,32-,38+,39+,40+/m1/s1. The molecule has 0 amide bonds. The molecule has 0 saturated carbocycles. The molecule has 2 fully saturated rings. The topological polar surface area (TPSA) is 136 Å². The maximum absolute atomic E-state index is 14.7. The highest BCUT2D eigenvalue weighted by molar-refractivity contribution is 6.74. The van der Waals surface area contributed by atoms with Crippen molar-refractivity contribution in [2.45, 2.75) is 153 Å². The molecule has 0 aliphatic carbocycles. The fraction of sp³-hybridized carbons (Fsp3) is 0.625. The fourth-order valence-electron chi connectivity index (χ4n) is 6.18. The van der Waals surface area contributed by atoms with Crippen LogP contribution in [0.5, 0.6) is 0 Å². The Bertz CT molecular complexity index is 1530. The van der Waals surface area contributed by atoms with Crippen molar-refractivity contribution in [3.05, 3.63) is 71.8 Å². The number of ether oxygens (including phenoxy) is 6. The van der Waals surface area contributed by atoms with Gasteiger partial charge in [0.1, 0.15) is 23.4 Å². The number of hydrogen-bond acceptors (Lipinski definition) is 11. The molecule has 2 aromatic rings. The molecule has 2 saturated heterocycles. The Morgan fingerprint density at radius 3 is 1.77 bits per heavy atom. The second kappa shape index (κ2) is 15.4. The van der Waals surface area contributed by atoms with Crippen LogP contribution in [0.25, 0.3) is 0 Å². The third-order valence-electron chi connectivity index (χ3n) is 9.74. The molecule has 12 heteroatoms. The number of benzene rings is 2. The van der Waals surface area contributed by atoms with Gasteiger partial charge in [0.2, 0.25) is 5.60 Å². The molecule has 0 unspecified atom stereocenters. The first-order chi connectivity index (χ1) is 24.0. The number of esters is 2. The van der Waals surface area contributed by atoms with Gasteiger partial charge in [-0.15, -0.1) is 0 Å². The number of fused-ring (bicyclic) bond motifs is 2. The summed E-state index contributed by atoms with van der Waals surface area (Å²) in [7, 11) is -2.17. The molecule has 0 aromatic heterocycles.